The number of benzene rings is 1. The number of rotatable bonds is 7. The zero-order valence-electron chi connectivity index (χ0n) is 12.5. The lowest BCUT2D eigenvalue weighted by Crippen LogP contribution is -2.35. The second-order valence-electron chi connectivity index (χ2n) is 5.78. The molecule has 0 aliphatic heterocycles. The van der Waals surface area contributed by atoms with Crippen LogP contribution in [0, 0.1) is 0 Å². The maximum atomic E-state index is 12.5. The first-order chi connectivity index (χ1) is 10.7. The van der Waals surface area contributed by atoms with E-state index in [1.54, 1.807) is 11.3 Å². The summed E-state index contributed by atoms with van der Waals surface area (Å²) in [6.07, 6.45) is 4.63. The topological polar surface area (TPSA) is 20.3 Å². The van der Waals surface area contributed by atoms with Crippen molar-refractivity contribution < 1.29 is 4.79 Å². The van der Waals surface area contributed by atoms with Crippen LogP contribution in [0.2, 0.25) is 5.02 Å². The van der Waals surface area contributed by atoms with Crippen molar-refractivity contribution in [3.8, 4) is 0 Å². The molecule has 0 unspecified atom stereocenters. The number of thiophene rings is 1. The Labute approximate surface area is 140 Å². The standard InChI is InChI=1S/C18H20ClNOS/c19-15-4-1-3-14(13-15)6-9-18(21)20(16-7-8-16)11-10-17-5-2-12-22-17/h1-5,12-13,16H,6-11H2. The first-order valence-corrected chi connectivity index (χ1v) is 9.04. The van der Waals surface area contributed by atoms with Crippen LogP contribution in [0.25, 0.3) is 0 Å². The SMILES string of the molecule is O=C(CCc1cccc(Cl)c1)N(CCc1cccs1)C1CC1. The molecule has 0 bridgehead atoms. The van der Waals surface area contributed by atoms with Gasteiger partial charge in [-0.1, -0.05) is 29.8 Å². The van der Waals surface area contributed by atoms with Gasteiger partial charge >= 0.3 is 0 Å². The monoisotopic (exact) mass is 333 g/mol. The second-order valence-corrected chi connectivity index (χ2v) is 7.25. The number of hydrogen-bond acceptors (Lipinski definition) is 2. The van der Waals surface area contributed by atoms with Gasteiger partial charge in [-0.25, -0.2) is 0 Å². The maximum Gasteiger partial charge on any atom is 0.223 e. The third kappa shape index (κ3) is 4.34. The van der Waals surface area contributed by atoms with Crippen molar-refractivity contribution in [3.05, 3.63) is 57.2 Å². The van der Waals surface area contributed by atoms with Crippen LogP contribution in [0.4, 0.5) is 0 Å². The molecule has 1 aliphatic rings. The number of hydrogen-bond donors (Lipinski definition) is 0. The lowest BCUT2D eigenvalue weighted by Gasteiger charge is -2.22. The number of amides is 1. The van der Waals surface area contributed by atoms with Crippen molar-refractivity contribution in [2.24, 2.45) is 0 Å². The Bertz CT molecular complexity index is 622. The highest BCUT2D eigenvalue weighted by atomic mass is 35.5. The molecule has 0 N–H and O–H groups in total. The van der Waals surface area contributed by atoms with Crippen molar-refractivity contribution >= 4 is 28.8 Å². The van der Waals surface area contributed by atoms with Gasteiger partial charge in [-0.3, -0.25) is 4.79 Å². The average Bonchev–Trinajstić information content (AvgIpc) is 3.21. The molecule has 0 atom stereocenters. The van der Waals surface area contributed by atoms with Crippen LogP contribution in [-0.2, 0) is 17.6 Å². The molecule has 1 aliphatic carbocycles. The van der Waals surface area contributed by atoms with Crippen LogP contribution in [0.5, 0.6) is 0 Å². The van der Waals surface area contributed by atoms with Gasteiger partial charge < -0.3 is 4.90 Å². The molecule has 1 aromatic heterocycles. The predicted molar refractivity (Wildman–Crippen MR) is 92.5 cm³/mol. The van der Waals surface area contributed by atoms with E-state index in [0.717, 1.165) is 42.8 Å². The highest BCUT2D eigenvalue weighted by molar-refractivity contribution is 7.09. The molecule has 1 amide bonds. The molecule has 1 fully saturated rings. The Balaban J connectivity index is 1.53. The Morgan fingerprint density at radius 2 is 2.09 bits per heavy atom. The van der Waals surface area contributed by atoms with E-state index < -0.39 is 0 Å². The van der Waals surface area contributed by atoms with E-state index in [4.69, 9.17) is 11.6 Å². The Kier molecular flexibility index (Phi) is 5.16. The number of halogens is 1. The van der Waals surface area contributed by atoms with Crippen LogP contribution >= 0.6 is 22.9 Å². The molecule has 1 saturated carbocycles. The molecule has 2 nitrogen and oxygen atoms in total. The van der Waals surface area contributed by atoms with Gasteiger partial charge in [-0.15, -0.1) is 11.3 Å². The molecule has 1 aromatic carbocycles. The number of carbonyl (C=O) groups excluding carboxylic acids is 1. The number of nitrogens with zero attached hydrogens (tertiary/aromatic N) is 1. The summed E-state index contributed by atoms with van der Waals surface area (Å²) in [5.74, 6) is 0.277. The molecule has 0 saturated heterocycles. The van der Waals surface area contributed by atoms with Crippen LogP contribution in [0.1, 0.15) is 29.7 Å². The number of carbonyl (C=O) groups is 1. The molecular formula is C18H20ClNOS. The van der Waals surface area contributed by atoms with Gasteiger partial charge in [0.15, 0.2) is 0 Å². The summed E-state index contributed by atoms with van der Waals surface area (Å²) in [6.45, 7) is 0.847. The smallest absolute Gasteiger partial charge is 0.223 e. The van der Waals surface area contributed by atoms with E-state index in [1.807, 2.05) is 24.3 Å². The summed E-state index contributed by atoms with van der Waals surface area (Å²) in [7, 11) is 0. The zero-order valence-corrected chi connectivity index (χ0v) is 14.1. The minimum atomic E-state index is 0.277. The molecule has 2 aromatic rings. The first-order valence-electron chi connectivity index (χ1n) is 7.78. The summed E-state index contributed by atoms with van der Waals surface area (Å²) in [5.41, 5.74) is 1.13. The molecule has 116 valence electrons. The van der Waals surface area contributed by atoms with Crippen molar-refractivity contribution in [2.45, 2.75) is 38.1 Å². The van der Waals surface area contributed by atoms with Gasteiger partial charge in [0.2, 0.25) is 5.91 Å². The fourth-order valence-corrected chi connectivity index (χ4v) is 3.58. The Morgan fingerprint density at radius 3 is 2.77 bits per heavy atom. The molecule has 1 heterocycles. The normalized spacial score (nSPS) is 14.0. The molecule has 0 spiro atoms. The van der Waals surface area contributed by atoms with E-state index in [2.05, 4.69) is 22.4 Å². The Morgan fingerprint density at radius 1 is 1.23 bits per heavy atom. The van der Waals surface area contributed by atoms with E-state index in [1.165, 1.54) is 4.88 Å². The van der Waals surface area contributed by atoms with Gasteiger partial charge in [-0.2, -0.15) is 0 Å². The molecule has 3 rings (SSSR count). The minimum Gasteiger partial charge on any atom is -0.339 e. The van der Waals surface area contributed by atoms with Crippen molar-refractivity contribution in [1.82, 2.24) is 4.90 Å². The summed E-state index contributed by atoms with van der Waals surface area (Å²) < 4.78 is 0. The van der Waals surface area contributed by atoms with Crippen LogP contribution in [0.15, 0.2) is 41.8 Å². The van der Waals surface area contributed by atoms with E-state index in [0.29, 0.717) is 12.5 Å². The molecule has 4 heteroatoms. The molecule has 22 heavy (non-hydrogen) atoms. The third-order valence-corrected chi connectivity index (χ3v) is 5.18. The van der Waals surface area contributed by atoms with Crippen molar-refractivity contribution in [1.29, 1.82) is 0 Å². The third-order valence-electron chi connectivity index (χ3n) is 4.00. The maximum absolute atomic E-state index is 12.5. The first kappa shape index (κ1) is 15.6. The fourth-order valence-electron chi connectivity index (χ4n) is 2.67. The second kappa shape index (κ2) is 7.30. The van der Waals surface area contributed by atoms with E-state index in [-0.39, 0.29) is 5.91 Å². The van der Waals surface area contributed by atoms with Gasteiger partial charge in [0.1, 0.15) is 0 Å². The predicted octanol–water partition coefficient (Wildman–Crippen LogP) is 4.57. The van der Waals surface area contributed by atoms with Gasteiger partial charge in [0, 0.05) is 28.9 Å². The highest BCUT2D eigenvalue weighted by Gasteiger charge is 2.31. The molecule has 0 radical (unpaired) electrons. The van der Waals surface area contributed by atoms with Crippen LogP contribution in [-0.4, -0.2) is 23.4 Å². The summed E-state index contributed by atoms with van der Waals surface area (Å²) >= 11 is 7.76. The Hall–Kier alpha value is -1.32. The fraction of sp³-hybridized carbons (Fsp3) is 0.389. The summed E-state index contributed by atoms with van der Waals surface area (Å²) in [5, 5.41) is 2.83. The van der Waals surface area contributed by atoms with Gasteiger partial charge in [0.05, 0.1) is 0 Å². The van der Waals surface area contributed by atoms with Crippen molar-refractivity contribution in [3.63, 3.8) is 0 Å². The van der Waals surface area contributed by atoms with Crippen LogP contribution in [0.3, 0.4) is 0 Å². The quantitative estimate of drug-likeness (QED) is 0.727. The average molecular weight is 334 g/mol. The minimum absolute atomic E-state index is 0.277. The van der Waals surface area contributed by atoms with Gasteiger partial charge in [0.25, 0.3) is 0 Å². The largest absolute Gasteiger partial charge is 0.339 e. The van der Waals surface area contributed by atoms with E-state index in [9.17, 15) is 4.79 Å². The lowest BCUT2D eigenvalue weighted by atomic mass is 10.1. The van der Waals surface area contributed by atoms with Gasteiger partial charge in [-0.05, 0) is 54.8 Å². The zero-order chi connectivity index (χ0) is 15.4. The molecular weight excluding hydrogens is 314 g/mol. The highest BCUT2D eigenvalue weighted by Crippen LogP contribution is 2.28. The van der Waals surface area contributed by atoms with Crippen molar-refractivity contribution in [2.75, 3.05) is 6.54 Å². The summed E-state index contributed by atoms with van der Waals surface area (Å²) in [4.78, 5) is 16.0. The van der Waals surface area contributed by atoms with Crippen LogP contribution < -0.4 is 0 Å². The summed E-state index contributed by atoms with van der Waals surface area (Å²) in [6, 6.07) is 12.5. The number of aryl methyl sites for hydroxylation is 1. The van der Waals surface area contributed by atoms with E-state index >= 15 is 0 Å². The lowest BCUT2D eigenvalue weighted by molar-refractivity contribution is -0.131.